The van der Waals surface area contributed by atoms with Gasteiger partial charge in [0.15, 0.2) is 0 Å². The van der Waals surface area contributed by atoms with Gasteiger partial charge in [-0.05, 0) is 12.8 Å². The fourth-order valence-corrected chi connectivity index (χ4v) is 2.04. The van der Waals surface area contributed by atoms with Crippen molar-refractivity contribution < 1.29 is 4.18 Å². The summed E-state index contributed by atoms with van der Waals surface area (Å²) in [7, 11) is 3.67. The van der Waals surface area contributed by atoms with Gasteiger partial charge in [-0.25, -0.2) is 5.43 Å². The minimum absolute atomic E-state index is 0.659. The Hall–Kier alpha value is 0.230. The summed E-state index contributed by atoms with van der Waals surface area (Å²) in [5.74, 6) is 0. The molecule has 0 amide bonds. The van der Waals surface area contributed by atoms with Gasteiger partial charge in [-0.3, -0.25) is 0 Å². The first kappa shape index (κ1) is 10.3. The van der Waals surface area contributed by atoms with Gasteiger partial charge in [0.25, 0.3) is 0 Å². The van der Waals surface area contributed by atoms with Crippen molar-refractivity contribution in [1.29, 1.82) is 0 Å². The average Bonchev–Trinajstić information content (AvgIpc) is 2.06. The van der Waals surface area contributed by atoms with Gasteiger partial charge in [0.1, 0.15) is 0 Å². The maximum Gasteiger partial charge on any atom is 0.0968 e. The largest absolute Gasteiger partial charge is 0.304 e. The summed E-state index contributed by atoms with van der Waals surface area (Å²) in [6.45, 7) is 0. The van der Waals surface area contributed by atoms with Crippen molar-refractivity contribution in [3.8, 4) is 0 Å². The molecule has 0 aromatic carbocycles. The first-order valence-electron chi connectivity index (χ1n) is 4.53. The second-order valence-corrected chi connectivity index (χ2v) is 4.23. The van der Waals surface area contributed by atoms with Crippen LogP contribution in [0.4, 0.5) is 0 Å². The van der Waals surface area contributed by atoms with Crippen LogP contribution >= 0.6 is 12.2 Å². The average molecular weight is 190 g/mol. The Morgan fingerprint density at radius 2 is 2.00 bits per heavy atom. The van der Waals surface area contributed by atoms with Crippen molar-refractivity contribution in [3.63, 3.8) is 0 Å². The first-order valence-corrected chi connectivity index (χ1v) is 5.23. The number of nitrogens with one attached hydrogen (secondary N) is 1. The van der Waals surface area contributed by atoms with Crippen LogP contribution < -0.4 is 5.43 Å². The highest BCUT2D eigenvalue weighted by Crippen LogP contribution is 2.18. The van der Waals surface area contributed by atoms with E-state index in [1.54, 1.807) is 7.11 Å². The van der Waals surface area contributed by atoms with Crippen LogP contribution in [-0.2, 0) is 4.18 Å². The van der Waals surface area contributed by atoms with Crippen molar-refractivity contribution in [2.45, 2.75) is 38.1 Å². The Morgan fingerprint density at radius 3 is 2.58 bits per heavy atom. The van der Waals surface area contributed by atoms with E-state index in [0.717, 1.165) is 0 Å². The Kier molecular flexibility index (Phi) is 4.99. The molecule has 3 nitrogen and oxygen atoms in total. The number of nitrogens with zero attached hydrogens (tertiary/aromatic N) is 1. The number of hydrogen-bond donors (Lipinski definition) is 1. The van der Waals surface area contributed by atoms with Crippen LogP contribution in [0.1, 0.15) is 32.1 Å². The lowest BCUT2D eigenvalue weighted by Gasteiger charge is -2.26. The normalized spacial score (nSPS) is 20.2. The fourth-order valence-electron chi connectivity index (χ4n) is 1.62. The molecule has 0 radical (unpaired) electrons. The van der Waals surface area contributed by atoms with Gasteiger partial charge in [-0.15, -0.1) is 0 Å². The van der Waals surface area contributed by atoms with Gasteiger partial charge in [0, 0.05) is 13.1 Å². The molecule has 0 saturated heterocycles. The monoisotopic (exact) mass is 190 g/mol. The van der Waals surface area contributed by atoms with Crippen LogP contribution in [-0.4, -0.2) is 24.6 Å². The SMILES string of the molecule is COSN(C)NC1CCCCC1. The second-order valence-electron chi connectivity index (χ2n) is 3.20. The van der Waals surface area contributed by atoms with Crippen LogP contribution in [0, 0.1) is 0 Å². The fraction of sp³-hybridized carbons (Fsp3) is 1.00. The highest BCUT2D eigenvalue weighted by Gasteiger charge is 2.14. The van der Waals surface area contributed by atoms with Gasteiger partial charge in [0.05, 0.1) is 19.3 Å². The molecular weight excluding hydrogens is 172 g/mol. The maximum absolute atomic E-state index is 4.93. The van der Waals surface area contributed by atoms with Crippen LogP contribution in [0.5, 0.6) is 0 Å². The number of hydrogen-bond acceptors (Lipinski definition) is 4. The van der Waals surface area contributed by atoms with E-state index in [1.165, 1.54) is 44.3 Å². The lowest BCUT2D eigenvalue weighted by Crippen LogP contribution is -2.39. The van der Waals surface area contributed by atoms with Crippen molar-refractivity contribution in [1.82, 2.24) is 9.84 Å². The molecule has 72 valence electrons. The Bertz CT molecular complexity index is 118. The highest BCUT2D eigenvalue weighted by molar-refractivity contribution is 7.92. The molecule has 1 saturated carbocycles. The van der Waals surface area contributed by atoms with Gasteiger partial charge in [0.2, 0.25) is 0 Å². The molecule has 12 heavy (non-hydrogen) atoms. The van der Waals surface area contributed by atoms with Crippen molar-refractivity contribution in [3.05, 3.63) is 0 Å². The number of hydrazine groups is 1. The Labute approximate surface area is 79.1 Å². The number of rotatable bonds is 4. The zero-order chi connectivity index (χ0) is 8.81. The molecule has 0 spiro atoms. The third kappa shape index (κ3) is 3.76. The van der Waals surface area contributed by atoms with E-state index < -0.39 is 0 Å². The molecular formula is C8H18N2OS. The van der Waals surface area contributed by atoms with E-state index in [4.69, 9.17) is 4.18 Å². The molecule has 1 rings (SSSR count). The summed E-state index contributed by atoms with van der Waals surface area (Å²) in [5.41, 5.74) is 3.39. The zero-order valence-electron chi connectivity index (χ0n) is 7.88. The van der Waals surface area contributed by atoms with Crippen molar-refractivity contribution >= 4 is 12.2 Å². The molecule has 4 heteroatoms. The molecule has 0 unspecified atom stereocenters. The molecule has 1 aliphatic carbocycles. The summed E-state index contributed by atoms with van der Waals surface area (Å²) >= 11 is 1.35. The molecule has 1 fully saturated rings. The molecule has 1 N–H and O–H groups in total. The summed E-state index contributed by atoms with van der Waals surface area (Å²) in [5, 5.41) is 0. The van der Waals surface area contributed by atoms with Crippen LogP contribution in [0.2, 0.25) is 0 Å². The predicted molar refractivity (Wildman–Crippen MR) is 52.4 cm³/mol. The molecule has 0 aromatic rings. The minimum Gasteiger partial charge on any atom is -0.304 e. The molecule has 0 aromatic heterocycles. The van der Waals surface area contributed by atoms with Crippen molar-refractivity contribution in [2.24, 2.45) is 0 Å². The summed E-state index contributed by atoms with van der Waals surface area (Å²) in [6, 6.07) is 0.659. The summed E-state index contributed by atoms with van der Waals surface area (Å²) in [6.07, 6.45) is 6.73. The smallest absolute Gasteiger partial charge is 0.0968 e. The molecule has 0 atom stereocenters. The third-order valence-electron chi connectivity index (χ3n) is 2.16. The molecule has 0 bridgehead atoms. The van der Waals surface area contributed by atoms with Crippen LogP contribution in [0.3, 0.4) is 0 Å². The topological polar surface area (TPSA) is 24.5 Å². The maximum atomic E-state index is 4.93. The first-order chi connectivity index (χ1) is 5.83. The third-order valence-corrected chi connectivity index (χ3v) is 2.63. The van der Waals surface area contributed by atoms with Gasteiger partial charge < -0.3 is 4.18 Å². The zero-order valence-corrected chi connectivity index (χ0v) is 8.69. The second kappa shape index (κ2) is 5.80. The van der Waals surface area contributed by atoms with Gasteiger partial charge in [-0.2, -0.15) is 4.41 Å². The van der Waals surface area contributed by atoms with Crippen LogP contribution in [0.25, 0.3) is 0 Å². The van der Waals surface area contributed by atoms with E-state index in [2.05, 4.69) is 5.43 Å². The molecule has 0 heterocycles. The van der Waals surface area contributed by atoms with E-state index in [1.807, 2.05) is 11.5 Å². The summed E-state index contributed by atoms with van der Waals surface area (Å²) in [4.78, 5) is 0. The lowest BCUT2D eigenvalue weighted by atomic mass is 9.96. The highest BCUT2D eigenvalue weighted by atomic mass is 32.2. The summed E-state index contributed by atoms with van der Waals surface area (Å²) < 4.78 is 6.87. The Balaban J connectivity index is 2.11. The van der Waals surface area contributed by atoms with E-state index in [9.17, 15) is 0 Å². The van der Waals surface area contributed by atoms with Gasteiger partial charge >= 0.3 is 0 Å². The van der Waals surface area contributed by atoms with E-state index >= 15 is 0 Å². The molecule has 0 aliphatic heterocycles. The minimum atomic E-state index is 0.659. The van der Waals surface area contributed by atoms with Gasteiger partial charge in [-0.1, -0.05) is 19.3 Å². The lowest BCUT2D eigenvalue weighted by molar-refractivity contribution is 0.264. The predicted octanol–water partition coefficient (Wildman–Crippen LogP) is 1.97. The Morgan fingerprint density at radius 1 is 1.33 bits per heavy atom. The standard InChI is InChI=1S/C8H18N2OS/c1-10(12-11-2)9-8-6-4-3-5-7-8/h8-9H,3-7H2,1-2H3. The van der Waals surface area contributed by atoms with E-state index in [0.29, 0.717) is 6.04 Å². The van der Waals surface area contributed by atoms with Crippen LogP contribution in [0.15, 0.2) is 0 Å². The van der Waals surface area contributed by atoms with E-state index in [-0.39, 0.29) is 0 Å². The van der Waals surface area contributed by atoms with Crippen molar-refractivity contribution in [2.75, 3.05) is 14.2 Å². The molecule has 1 aliphatic rings. The quantitative estimate of drug-likeness (QED) is 0.416.